The minimum atomic E-state index is -0.982. The van der Waals surface area contributed by atoms with Gasteiger partial charge in [0.1, 0.15) is 0 Å². The predicted octanol–water partition coefficient (Wildman–Crippen LogP) is 1.50. The van der Waals surface area contributed by atoms with E-state index in [2.05, 4.69) is 16.8 Å². The SMILES string of the molecule is CN1CCCC(N(C)c2ccc(C(=O)O)c(N)c2)C1. The quantitative estimate of drug-likeness (QED) is 0.809. The van der Waals surface area contributed by atoms with Crippen molar-refractivity contribution >= 4 is 17.3 Å². The average Bonchev–Trinajstić information content (AvgIpc) is 2.37. The number of nitrogens with two attached hydrogens (primary N) is 1. The van der Waals surface area contributed by atoms with Gasteiger partial charge in [-0.25, -0.2) is 4.79 Å². The highest BCUT2D eigenvalue weighted by molar-refractivity contribution is 5.94. The summed E-state index contributed by atoms with van der Waals surface area (Å²) in [6.45, 7) is 2.17. The Morgan fingerprint density at radius 3 is 2.84 bits per heavy atom. The van der Waals surface area contributed by atoms with Crippen molar-refractivity contribution in [3.8, 4) is 0 Å². The standard InChI is InChI=1S/C14H21N3O2/c1-16-7-3-4-11(9-16)17(2)10-5-6-12(14(18)19)13(15)8-10/h5-6,8,11H,3-4,7,9,15H2,1-2H3,(H,18,19). The number of nitrogens with zero attached hydrogens (tertiary/aromatic N) is 2. The fraction of sp³-hybridized carbons (Fsp3) is 0.500. The van der Waals surface area contributed by atoms with Crippen LogP contribution in [-0.4, -0.2) is 49.2 Å². The van der Waals surface area contributed by atoms with Crippen LogP contribution in [0.4, 0.5) is 11.4 Å². The number of carbonyl (C=O) groups is 1. The first-order chi connectivity index (χ1) is 8.99. The molecule has 0 aromatic heterocycles. The highest BCUT2D eigenvalue weighted by Crippen LogP contribution is 2.25. The van der Waals surface area contributed by atoms with E-state index in [0.29, 0.717) is 11.7 Å². The number of piperidine rings is 1. The zero-order chi connectivity index (χ0) is 14.0. The highest BCUT2D eigenvalue weighted by Gasteiger charge is 2.22. The Labute approximate surface area is 113 Å². The third-order valence-electron chi connectivity index (χ3n) is 3.82. The monoisotopic (exact) mass is 263 g/mol. The Morgan fingerprint density at radius 1 is 1.53 bits per heavy atom. The summed E-state index contributed by atoms with van der Waals surface area (Å²) in [5.41, 5.74) is 7.26. The first kappa shape index (κ1) is 13.7. The lowest BCUT2D eigenvalue weighted by molar-refractivity contribution is 0.0698. The number of carboxylic acids is 1. The summed E-state index contributed by atoms with van der Waals surface area (Å²) in [7, 11) is 4.17. The van der Waals surface area contributed by atoms with E-state index in [1.165, 1.54) is 6.42 Å². The normalized spacial score (nSPS) is 20.2. The Kier molecular flexibility index (Phi) is 3.95. The number of aromatic carboxylic acids is 1. The van der Waals surface area contributed by atoms with Crippen LogP contribution in [0.3, 0.4) is 0 Å². The van der Waals surface area contributed by atoms with Crippen LogP contribution in [0.5, 0.6) is 0 Å². The molecule has 1 aliphatic heterocycles. The number of hydrogen-bond donors (Lipinski definition) is 2. The summed E-state index contributed by atoms with van der Waals surface area (Å²) in [6, 6.07) is 5.61. The maximum absolute atomic E-state index is 10.9. The minimum Gasteiger partial charge on any atom is -0.478 e. The summed E-state index contributed by atoms with van der Waals surface area (Å²) < 4.78 is 0. The zero-order valence-corrected chi connectivity index (χ0v) is 11.5. The second-order valence-electron chi connectivity index (χ2n) is 5.25. The molecular formula is C14H21N3O2. The van der Waals surface area contributed by atoms with Gasteiger partial charge in [0.2, 0.25) is 0 Å². The number of likely N-dealkylation sites (tertiary alicyclic amines) is 1. The number of likely N-dealkylation sites (N-methyl/N-ethyl adjacent to an activating group) is 2. The van der Waals surface area contributed by atoms with E-state index in [1.807, 2.05) is 13.1 Å². The smallest absolute Gasteiger partial charge is 0.337 e. The van der Waals surface area contributed by atoms with Gasteiger partial charge in [0, 0.05) is 31.0 Å². The van der Waals surface area contributed by atoms with Crippen molar-refractivity contribution in [2.75, 3.05) is 37.8 Å². The lowest BCUT2D eigenvalue weighted by atomic mass is 10.0. The molecule has 1 aromatic rings. The van der Waals surface area contributed by atoms with Crippen LogP contribution in [0, 0.1) is 0 Å². The van der Waals surface area contributed by atoms with Crippen molar-refractivity contribution in [1.82, 2.24) is 4.90 Å². The van der Waals surface area contributed by atoms with Crippen LogP contribution >= 0.6 is 0 Å². The Bertz CT molecular complexity index is 476. The molecule has 0 bridgehead atoms. The van der Waals surface area contributed by atoms with Gasteiger partial charge in [-0.05, 0) is 44.6 Å². The first-order valence-corrected chi connectivity index (χ1v) is 6.53. The van der Waals surface area contributed by atoms with Crippen molar-refractivity contribution in [2.45, 2.75) is 18.9 Å². The summed E-state index contributed by atoms with van der Waals surface area (Å²) >= 11 is 0. The van der Waals surface area contributed by atoms with E-state index in [0.717, 1.165) is 25.2 Å². The Morgan fingerprint density at radius 2 is 2.26 bits per heavy atom. The van der Waals surface area contributed by atoms with Crippen LogP contribution in [0.15, 0.2) is 18.2 Å². The van der Waals surface area contributed by atoms with Crippen LogP contribution in [0.25, 0.3) is 0 Å². The molecule has 1 heterocycles. The second-order valence-corrected chi connectivity index (χ2v) is 5.25. The fourth-order valence-electron chi connectivity index (χ4n) is 2.63. The molecule has 104 valence electrons. The van der Waals surface area contributed by atoms with E-state index < -0.39 is 5.97 Å². The summed E-state index contributed by atoms with van der Waals surface area (Å²) in [5, 5.41) is 8.98. The third-order valence-corrected chi connectivity index (χ3v) is 3.82. The Balaban J connectivity index is 2.17. The van der Waals surface area contributed by atoms with Gasteiger partial charge in [0.25, 0.3) is 0 Å². The molecule has 5 heteroatoms. The van der Waals surface area contributed by atoms with Crippen LogP contribution in [0.2, 0.25) is 0 Å². The van der Waals surface area contributed by atoms with E-state index >= 15 is 0 Å². The molecule has 2 rings (SSSR count). The Hall–Kier alpha value is -1.75. The van der Waals surface area contributed by atoms with Gasteiger partial charge < -0.3 is 20.6 Å². The van der Waals surface area contributed by atoms with Gasteiger partial charge in [-0.1, -0.05) is 0 Å². The molecule has 0 amide bonds. The molecule has 0 aliphatic carbocycles. The molecule has 1 unspecified atom stereocenters. The molecule has 1 fully saturated rings. The lowest BCUT2D eigenvalue weighted by Crippen LogP contribution is -2.45. The maximum atomic E-state index is 10.9. The van der Waals surface area contributed by atoms with Gasteiger partial charge in [-0.15, -0.1) is 0 Å². The number of nitrogen functional groups attached to an aromatic ring is 1. The van der Waals surface area contributed by atoms with E-state index in [4.69, 9.17) is 10.8 Å². The van der Waals surface area contributed by atoms with Crippen LogP contribution in [-0.2, 0) is 0 Å². The molecule has 1 atom stereocenters. The second kappa shape index (κ2) is 5.48. The number of rotatable bonds is 3. The molecular weight excluding hydrogens is 242 g/mol. The number of benzene rings is 1. The molecule has 0 saturated carbocycles. The van der Waals surface area contributed by atoms with Crippen molar-refractivity contribution < 1.29 is 9.90 Å². The fourth-order valence-corrected chi connectivity index (χ4v) is 2.63. The van der Waals surface area contributed by atoms with Gasteiger partial charge >= 0.3 is 5.97 Å². The molecule has 0 radical (unpaired) electrons. The average molecular weight is 263 g/mol. The van der Waals surface area contributed by atoms with E-state index in [1.54, 1.807) is 12.1 Å². The van der Waals surface area contributed by atoms with Gasteiger partial charge in [0.15, 0.2) is 0 Å². The summed E-state index contributed by atoms with van der Waals surface area (Å²) in [5.74, 6) is -0.982. The molecule has 1 saturated heterocycles. The summed E-state index contributed by atoms with van der Waals surface area (Å²) in [6.07, 6.45) is 2.34. The van der Waals surface area contributed by atoms with E-state index in [9.17, 15) is 4.79 Å². The van der Waals surface area contributed by atoms with Crippen molar-refractivity contribution in [3.05, 3.63) is 23.8 Å². The van der Waals surface area contributed by atoms with Crippen LogP contribution < -0.4 is 10.6 Å². The number of carboxylic acid groups (broad SMARTS) is 1. The van der Waals surface area contributed by atoms with Crippen molar-refractivity contribution in [3.63, 3.8) is 0 Å². The zero-order valence-electron chi connectivity index (χ0n) is 11.5. The molecule has 3 N–H and O–H groups in total. The van der Waals surface area contributed by atoms with Crippen LogP contribution in [0.1, 0.15) is 23.2 Å². The largest absolute Gasteiger partial charge is 0.478 e. The predicted molar refractivity (Wildman–Crippen MR) is 76.7 cm³/mol. The number of anilines is 2. The van der Waals surface area contributed by atoms with Crippen molar-refractivity contribution in [1.29, 1.82) is 0 Å². The highest BCUT2D eigenvalue weighted by atomic mass is 16.4. The topological polar surface area (TPSA) is 69.8 Å². The lowest BCUT2D eigenvalue weighted by Gasteiger charge is -2.37. The summed E-state index contributed by atoms with van der Waals surface area (Å²) in [4.78, 5) is 15.5. The molecule has 0 spiro atoms. The molecule has 19 heavy (non-hydrogen) atoms. The molecule has 1 aliphatic rings. The van der Waals surface area contributed by atoms with Gasteiger partial charge in [-0.3, -0.25) is 0 Å². The number of hydrogen-bond acceptors (Lipinski definition) is 4. The first-order valence-electron chi connectivity index (χ1n) is 6.53. The molecule has 5 nitrogen and oxygen atoms in total. The van der Waals surface area contributed by atoms with Gasteiger partial charge in [0.05, 0.1) is 5.56 Å². The minimum absolute atomic E-state index is 0.165. The van der Waals surface area contributed by atoms with E-state index in [-0.39, 0.29) is 5.56 Å². The molecule has 1 aromatic carbocycles. The maximum Gasteiger partial charge on any atom is 0.337 e. The van der Waals surface area contributed by atoms with Gasteiger partial charge in [-0.2, -0.15) is 0 Å². The van der Waals surface area contributed by atoms with Crippen molar-refractivity contribution in [2.24, 2.45) is 0 Å². The third kappa shape index (κ3) is 2.98.